The predicted molar refractivity (Wildman–Crippen MR) is 145 cm³/mol. The molecule has 0 radical (unpaired) electrons. The van der Waals surface area contributed by atoms with Gasteiger partial charge in [-0.3, -0.25) is 0 Å². The third kappa shape index (κ3) is 7.56. The molecule has 0 bridgehead atoms. The highest BCUT2D eigenvalue weighted by Crippen LogP contribution is 2.35. The van der Waals surface area contributed by atoms with Gasteiger partial charge in [0.05, 0.1) is 5.56 Å². The molecule has 3 rings (SSSR count). The van der Waals surface area contributed by atoms with Crippen molar-refractivity contribution in [2.75, 3.05) is 27.2 Å². The Kier molecular flexibility index (Phi) is 8.89. The molecule has 3 aromatic carbocycles. The number of hydrogen-bond donors (Lipinski definition) is 0. The van der Waals surface area contributed by atoms with Crippen molar-refractivity contribution in [3.63, 3.8) is 0 Å². The smallest absolute Gasteiger partial charge is 0.338 e. The molecule has 0 saturated carbocycles. The molecule has 184 valence electrons. The van der Waals surface area contributed by atoms with Crippen LogP contribution in [0.3, 0.4) is 0 Å². The van der Waals surface area contributed by atoms with Crippen molar-refractivity contribution >= 4 is 17.1 Å². The van der Waals surface area contributed by atoms with Crippen LogP contribution in [0.1, 0.15) is 61.2 Å². The summed E-state index contributed by atoms with van der Waals surface area (Å²) in [5.41, 5.74) is 5.76. The van der Waals surface area contributed by atoms with E-state index in [0.29, 0.717) is 12.2 Å². The van der Waals surface area contributed by atoms with Crippen molar-refractivity contribution in [2.45, 2.75) is 39.7 Å². The maximum absolute atomic E-state index is 12.5. The molecular weight excluding hydrogens is 434 g/mol. The lowest BCUT2D eigenvalue weighted by Crippen LogP contribution is -2.23. The number of carbonyl (C=O) groups excluding carboxylic acids is 1. The summed E-state index contributed by atoms with van der Waals surface area (Å²) in [7, 11) is 4.07. The van der Waals surface area contributed by atoms with Gasteiger partial charge in [-0.1, -0.05) is 61.5 Å². The van der Waals surface area contributed by atoms with Crippen LogP contribution in [0.25, 0.3) is 11.1 Å². The van der Waals surface area contributed by atoms with Gasteiger partial charge in [0.2, 0.25) is 0 Å². The number of allylic oxidation sites excluding steroid dienone is 1. The van der Waals surface area contributed by atoms with E-state index < -0.39 is 5.60 Å². The number of esters is 1. The molecule has 0 N–H and O–H groups in total. The number of ether oxygens (including phenoxy) is 2. The molecule has 0 aromatic heterocycles. The molecule has 0 aliphatic rings. The summed E-state index contributed by atoms with van der Waals surface area (Å²) in [4.78, 5) is 14.6. The van der Waals surface area contributed by atoms with Gasteiger partial charge >= 0.3 is 5.97 Å². The highest BCUT2D eigenvalue weighted by atomic mass is 16.6. The topological polar surface area (TPSA) is 38.8 Å². The first-order chi connectivity index (χ1) is 16.7. The minimum absolute atomic E-state index is 0.312. The normalized spacial score (nSPS) is 12.3. The first-order valence-corrected chi connectivity index (χ1v) is 12.2. The van der Waals surface area contributed by atoms with E-state index in [0.717, 1.165) is 35.4 Å². The molecule has 0 atom stereocenters. The summed E-state index contributed by atoms with van der Waals surface area (Å²) < 4.78 is 11.4. The monoisotopic (exact) mass is 471 g/mol. The van der Waals surface area contributed by atoms with Crippen LogP contribution in [0.5, 0.6) is 5.75 Å². The Balaban J connectivity index is 2.00. The number of likely N-dealkylation sites (N-methyl/N-ethyl adjacent to an activating group) is 1. The second-order valence-corrected chi connectivity index (χ2v) is 9.83. The summed E-state index contributed by atoms with van der Waals surface area (Å²) in [6.45, 7) is 9.32. The van der Waals surface area contributed by atoms with Gasteiger partial charge in [-0.25, -0.2) is 4.79 Å². The standard InChI is InChI=1S/C31H37NO3/c1-7-28(23-11-9-8-10-12-23)29(25-17-19-27(20-18-25)34-22-21-32(5)6)24-13-15-26(16-14-24)30(33)35-31(2,3)4/h8-20H,7,21-22H2,1-6H3/b29-28+. The van der Waals surface area contributed by atoms with Crippen molar-refractivity contribution in [3.05, 3.63) is 101 Å². The zero-order chi connectivity index (χ0) is 25.4. The van der Waals surface area contributed by atoms with E-state index in [4.69, 9.17) is 9.47 Å². The number of nitrogens with zero attached hydrogens (tertiary/aromatic N) is 1. The molecular formula is C31H37NO3. The van der Waals surface area contributed by atoms with Crippen LogP contribution >= 0.6 is 0 Å². The largest absolute Gasteiger partial charge is 0.492 e. The molecule has 0 amide bonds. The average molecular weight is 472 g/mol. The number of benzene rings is 3. The van der Waals surface area contributed by atoms with Crippen LogP contribution in [0.2, 0.25) is 0 Å². The molecule has 35 heavy (non-hydrogen) atoms. The van der Waals surface area contributed by atoms with Gasteiger partial charge in [0.25, 0.3) is 0 Å². The van der Waals surface area contributed by atoms with Gasteiger partial charge in [0.1, 0.15) is 18.0 Å². The second kappa shape index (κ2) is 11.9. The van der Waals surface area contributed by atoms with Crippen LogP contribution < -0.4 is 4.74 Å². The second-order valence-electron chi connectivity index (χ2n) is 9.83. The molecule has 0 unspecified atom stereocenters. The highest BCUT2D eigenvalue weighted by molar-refractivity contribution is 5.99. The zero-order valence-electron chi connectivity index (χ0n) is 21.8. The summed E-state index contributed by atoms with van der Waals surface area (Å²) in [6, 6.07) is 26.4. The third-order valence-electron chi connectivity index (χ3n) is 5.54. The molecule has 0 aliphatic heterocycles. The van der Waals surface area contributed by atoms with Crippen molar-refractivity contribution in [3.8, 4) is 5.75 Å². The Bertz CT molecular complexity index is 1120. The fraction of sp³-hybridized carbons (Fsp3) is 0.323. The van der Waals surface area contributed by atoms with Crippen LogP contribution in [-0.4, -0.2) is 43.7 Å². The van der Waals surface area contributed by atoms with Crippen LogP contribution in [0.15, 0.2) is 78.9 Å². The van der Waals surface area contributed by atoms with Gasteiger partial charge in [-0.05, 0) is 93.4 Å². The van der Waals surface area contributed by atoms with Gasteiger partial charge in [0, 0.05) is 6.54 Å². The number of rotatable bonds is 9. The molecule has 0 heterocycles. The van der Waals surface area contributed by atoms with Gasteiger partial charge in [-0.15, -0.1) is 0 Å². The van der Waals surface area contributed by atoms with Crippen molar-refractivity contribution < 1.29 is 14.3 Å². The van der Waals surface area contributed by atoms with Crippen LogP contribution in [-0.2, 0) is 4.74 Å². The molecule has 4 heteroatoms. The lowest BCUT2D eigenvalue weighted by Gasteiger charge is -2.20. The molecule has 3 aromatic rings. The maximum Gasteiger partial charge on any atom is 0.338 e. The van der Waals surface area contributed by atoms with Crippen molar-refractivity contribution in [1.29, 1.82) is 0 Å². The van der Waals surface area contributed by atoms with Crippen molar-refractivity contribution in [2.24, 2.45) is 0 Å². The third-order valence-corrected chi connectivity index (χ3v) is 5.54. The van der Waals surface area contributed by atoms with E-state index in [-0.39, 0.29) is 5.97 Å². The summed E-state index contributed by atoms with van der Waals surface area (Å²) in [5, 5.41) is 0. The number of carbonyl (C=O) groups is 1. The zero-order valence-corrected chi connectivity index (χ0v) is 21.8. The van der Waals surface area contributed by atoms with E-state index in [1.165, 1.54) is 11.1 Å². The molecule has 0 saturated heterocycles. The van der Waals surface area contributed by atoms with Gasteiger partial charge < -0.3 is 14.4 Å². The van der Waals surface area contributed by atoms with E-state index in [1.54, 1.807) is 0 Å². The quantitative estimate of drug-likeness (QED) is 0.250. The molecule has 4 nitrogen and oxygen atoms in total. The minimum Gasteiger partial charge on any atom is -0.492 e. The Labute approximate surface area is 210 Å². The summed E-state index contributed by atoms with van der Waals surface area (Å²) in [6.07, 6.45) is 0.869. The Hall–Kier alpha value is -3.37. The lowest BCUT2D eigenvalue weighted by molar-refractivity contribution is 0.00695. The first-order valence-electron chi connectivity index (χ1n) is 12.2. The Morgan fingerprint density at radius 1 is 0.771 bits per heavy atom. The van der Waals surface area contributed by atoms with E-state index >= 15 is 0 Å². The predicted octanol–water partition coefficient (Wildman–Crippen LogP) is 6.95. The van der Waals surface area contributed by atoms with Crippen LogP contribution in [0, 0.1) is 0 Å². The molecule has 0 spiro atoms. The first kappa shape index (κ1) is 26.2. The van der Waals surface area contributed by atoms with Crippen LogP contribution in [0.4, 0.5) is 0 Å². The fourth-order valence-electron chi connectivity index (χ4n) is 3.85. The van der Waals surface area contributed by atoms with E-state index in [2.05, 4.69) is 48.2 Å². The average Bonchev–Trinajstić information content (AvgIpc) is 2.82. The molecule has 0 fully saturated rings. The maximum atomic E-state index is 12.5. The SMILES string of the molecule is CC/C(=C(\c1ccc(OCCN(C)C)cc1)c1ccc(C(=O)OC(C)(C)C)cc1)c1ccccc1. The highest BCUT2D eigenvalue weighted by Gasteiger charge is 2.19. The minimum atomic E-state index is -0.528. The van der Waals surface area contributed by atoms with Crippen molar-refractivity contribution in [1.82, 2.24) is 4.90 Å². The van der Waals surface area contributed by atoms with E-state index in [1.807, 2.05) is 77.3 Å². The van der Waals surface area contributed by atoms with Gasteiger partial charge in [0.15, 0.2) is 0 Å². The Morgan fingerprint density at radius 3 is 1.83 bits per heavy atom. The van der Waals surface area contributed by atoms with E-state index in [9.17, 15) is 4.79 Å². The lowest BCUT2D eigenvalue weighted by atomic mass is 9.88. The van der Waals surface area contributed by atoms with Gasteiger partial charge in [-0.2, -0.15) is 0 Å². The Morgan fingerprint density at radius 2 is 1.31 bits per heavy atom. The molecule has 0 aliphatic carbocycles. The summed E-state index contributed by atoms with van der Waals surface area (Å²) in [5.74, 6) is 0.542. The summed E-state index contributed by atoms with van der Waals surface area (Å²) >= 11 is 0. The number of hydrogen-bond acceptors (Lipinski definition) is 4. The fourth-order valence-corrected chi connectivity index (χ4v) is 3.85.